The van der Waals surface area contributed by atoms with Gasteiger partial charge in [0.25, 0.3) is 0 Å². The molecule has 130 valence electrons. The number of H-pyrrole nitrogens is 1. The van der Waals surface area contributed by atoms with Crippen LogP contribution in [0.1, 0.15) is 12.8 Å². The van der Waals surface area contributed by atoms with Crippen LogP contribution in [-0.4, -0.2) is 39.2 Å². The molecule has 1 aromatic carbocycles. The lowest BCUT2D eigenvalue weighted by Gasteiger charge is -2.24. The van der Waals surface area contributed by atoms with Gasteiger partial charge in [-0.25, -0.2) is 15.0 Å². The summed E-state index contributed by atoms with van der Waals surface area (Å²) in [6, 6.07) is 12.5. The number of benzene rings is 1. The molecule has 0 aliphatic carbocycles. The lowest BCUT2D eigenvalue weighted by Crippen LogP contribution is -2.28. The van der Waals surface area contributed by atoms with Crippen molar-refractivity contribution in [2.75, 3.05) is 18.5 Å². The van der Waals surface area contributed by atoms with Gasteiger partial charge in [0.2, 0.25) is 0 Å². The van der Waals surface area contributed by atoms with Crippen LogP contribution in [0.5, 0.6) is 0 Å². The molecule has 5 rings (SSSR count). The molecule has 6 nitrogen and oxygen atoms in total. The Morgan fingerprint density at radius 3 is 2.77 bits per heavy atom. The molecule has 0 bridgehead atoms. The van der Waals surface area contributed by atoms with E-state index in [2.05, 4.69) is 21.4 Å². The van der Waals surface area contributed by atoms with E-state index in [4.69, 9.17) is 14.7 Å². The standard InChI is InChI=1S/C20H19N5O/c1-2-6-17-15(4-1)19(23-13-7-10-26-11-8-13)25-20(24-17)16-12-22-18-14(16)5-3-9-21-18/h1-6,9,12-13H,7-8,10-11H2,(H,21,22)(H,23,24,25). The zero-order chi connectivity index (χ0) is 17.3. The number of rotatable bonds is 3. The van der Waals surface area contributed by atoms with Gasteiger partial charge >= 0.3 is 0 Å². The summed E-state index contributed by atoms with van der Waals surface area (Å²) in [7, 11) is 0. The summed E-state index contributed by atoms with van der Waals surface area (Å²) in [6.07, 6.45) is 5.69. The fraction of sp³-hybridized carbons (Fsp3) is 0.250. The average molecular weight is 345 g/mol. The second-order valence-electron chi connectivity index (χ2n) is 6.55. The van der Waals surface area contributed by atoms with Crippen LogP contribution in [-0.2, 0) is 4.74 Å². The molecule has 26 heavy (non-hydrogen) atoms. The van der Waals surface area contributed by atoms with Crippen LogP contribution in [0.3, 0.4) is 0 Å². The number of fused-ring (bicyclic) bond motifs is 2. The highest BCUT2D eigenvalue weighted by Gasteiger charge is 2.18. The van der Waals surface area contributed by atoms with E-state index < -0.39 is 0 Å². The van der Waals surface area contributed by atoms with Crippen molar-refractivity contribution in [1.82, 2.24) is 19.9 Å². The number of anilines is 1. The third-order valence-electron chi connectivity index (χ3n) is 4.86. The molecule has 1 fully saturated rings. The van der Waals surface area contributed by atoms with Gasteiger partial charge in [0, 0.05) is 48.0 Å². The van der Waals surface area contributed by atoms with E-state index in [0.717, 1.165) is 59.4 Å². The van der Waals surface area contributed by atoms with Crippen LogP contribution in [0.15, 0.2) is 48.8 Å². The maximum atomic E-state index is 5.47. The van der Waals surface area contributed by atoms with Crippen LogP contribution >= 0.6 is 0 Å². The van der Waals surface area contributed by atoms with Gasteiger partial charge in [0.05, 0.1) is 5.52 Å². The number of ether oxygens (including phenoxy) is 1. The molecular weight excluding hydrogens is 326 g/mol. The Bertz CT molecular complexity index is 1070. The number of aromatic nitrogens is 4. The Kier molecular flexibility index (Phi) is 3.75. The lowest BCUT2D eigenvalue weighted by atomic mass is 10.1. The predicted octanol–water partition coefficient (Wildman–Crippen LogP) is 3.76. The van der Waals surface area contributed by atoms with Crippen molar-refractivity contribution in [2.24, 2.45) is 0 Å². The Labute approximate surface area is 150 Å². The topological polar surface area (TPSA) is 75.7 Å². The van der Waals surface area contributed by atoms with Gasteiger partial charge in [0.15, 0.2) is 5.82 Å². The molecule has 4 aromatic rings. The summed E-state index contributed by atoms with van der Waals surface area (Å²) in [5.74, 6) is 1.59. The SMILES string of the molecule is c1ccc2c(NC3CCOCC3)nc(-c3c[nH]c4ncccc34)nc2c1. The van der Waals surface area contributed by atoms with Crippen LogP contribution in [0.4, 0.5) is 5.82 Å². The highest BCUT2D eigenvalue weighted by atomic mass is 16.5. The molecule has 6 heteroatoms. The van der Waals surface area contributed by atoms with Gasteiger partial charge < -0.3 is 15.0 Å². The van der Waals surface area contributed by atoms with Crippen LogP contribution in [0.25, 0.3) is 33.3 Å². The number of para-hydroxylation sites is 1. The minimum atomic E-state index is 0.375. The van der Waals surface area contributed by atoms with E-state index in [1.165, 1.54) is 0 Å². The van der Waals surface area contributed by atoms with Crippen LogP contribution < -0.4 is 5.32 Å². The van der Waals surface area contributed by atoms with Crippen LogP contribution in [0.2, 0.25) is 0 Å². The van der Waals surface area contributed by atoms with Gasteiger partial charge in [-0.1, -0.05) is 12.1 Å². The van der Waals surface area contributed by atoms with Crippen molar-refractivity contribution in [3.8, 4) is 11.4 Å². The van der Waals surface area contributed by atoms with Crippen molar-refractivity contribution >= 4 is 27.8 Å². The van der Waals surface area contributed by atoms with E-state index in [1.807, 2.05) is 36.5 Å². The summed E-state index contributed by atoms with van der Waals surface area (Å²) >= 11 is 0. The summed E-state index contributed by atoms with van der Waals surface area (Å²) in [4.78, 5) is 17.2. The van der Waals surface area contributed by atoms with E-state index in [-0.39, 0.29) is 0 Å². The summed E-state index contributed by atoms with van der Waals surface area (Å²) < 4.78 is 5.47. The van der Waals surface area contributed by atoms with Crippen molar-refractivity contribution in [1.29, 1.82) is 0 Å². The molecule has 0 amide bonds. The Morgan fingerprint density at radius 1 is 1.00 bits per heavy atom. The molecule has 0 atom stereocenters. The van der Waals surface area contributed by atoms with Gasteiger partial charge in [-0.2, -0.15) is 0 Å². The number of pyridine rings is 1. The van der Waals surface area contributed by atoms with Gasteiger partial charge in [-0.05, 0) is 37.1 Å². The maximum absolute atomic E-state index is 5.47. The molecule has 0 unspecified atom stereocenters. The number of nitrogens with zero attached hydrogens (tertiary/aromatic N) is 3. The summed E-state index contributed by atoms with van der Waals surface area (Å²) in [5, 5.41) is 5.69. The van der Waals surface area contributed by atoms with E-state index in [9.17, 15) is 0 Å². The number of hydrogen-bond acceptors (Lipinski definition) is 5. The molecule has 3 aromatic heterocycles. The van der Waals surface area contributed by atoms with Crippen molar-refractivity contribution in [3.63, 3.8) is 0 Å². The van der Waals surface area contributed by atoms with E-state index in [0.29, 0.717) is 11.9 Å². The predicted molar refractivity (Wildman–Crippen MR) is 102 cm³/mol. The molecule has 0 spiro atoms. The highest BCUT2D eigenvalue weighted by Crippen LogP contribution is 2.30. The molecule has 0 radical (unpaired) electrons. The fourth-order valence-corrected chi connectivity index (χ4v) is 3.48. The van der Waals surface area contributed by atoms with Crippen molar-refractivity contribution in [2.45, 2.75) is 18.9 Å². The molecule has 2 N–H and O–H groups in total. The first-order chi connectivity index (χ1) is 12.9. The third kappa shape index (κ3) is 2.68. The van der Waals surface area contributed by atoms with Gasteiger partial charge in [-0.15, -0.1) is 0 Å². The Balaban J connectivity index is 1.64. The normalized spacial score (nSPS) is 15.5. The zero-order valence-corrected chi connectivity index (χ0v) is 14.3. The summed E-state index contributed by atoms with van der Waals surface area (Å²) in [6.45, 7) is 1.59. The largest absolute Gasteiger partial charge is 0.381 e. The smallest absolute Gasteiger partial charge is 0.164 e. The number of hydrogen-bond donors (Lipinski definition) is 2. The first-order valence-corrected chi connectivity index (χ1v) is 8.92. The molecule has 1 aliphatic rings. The summed E-state index contributed by atoms with van der Waals surface area (Å²) in [5.41, 5.74) is 2.75. The quantitative estimate of drug-likeness (QED) is 0.591. The molecule has 1 aliphatic heterocycles. The molecular formula is C20H19N5O. The minimum Gasteiger partial charge on any atom is -0.381 e. The first-order valence-electron chi connectivity index (χ1n) is 8.92. The lowest BCUT2D eigenvalue weighted by molar-refractivity contribution is 0.0904. The maximum Gasteiger partial charge on any atom is 0.164 e. The number of nitrogens with one attached hydrogen (secondary N) is 2. The second kappa shape index (κ2) is 6.38. The fourth-order valence-electron chi connectivity index (χ4n) is 3.48. The van der Waals surface area contributed by atoms with Crippen molar-refractivity contribution < 1.29 is 4.74 Å². The minimum absolute atomic E-state index is 0.375. The monoisotopic (exact) mass is 345 g/mol. The second-order valence-corrected chi connectivity index (χ2v) is 6.55. The molecule has 1 saturated heterocycles. The average Bonchev–Trinajstić information content (AvgIpc) is 3.13. The van der Waals surface area contributed by atoms with Gasteiger partial charge in [-0.3, -0.25) is 0 Å². The van der Waals surface area contributed by atoms with E-state index >= 15 is 0 Å². The molecule has 4 heterocycles. The van der Waals surface area contributed by atoms with Gasteiger partial charge in [0.1, 0.15) is 11.5 Å². The number of aromatic amines is 1. The zero-order valence-electron chi connectivity index (χ0n) is 14.3. The third-order valence-corrected chi connectivity index (χ3v) is 4.86. The van der Waals surface area contributed by atoms with Crippen LogP contribution in [0, 0.1) is 0 Å². The van der Waals surface area contributed by atoms with Crippen molar-refractivity contribution in [3.05, 3.63) is 48.8 Å². The first kappa shape index (κ1) is 15.3. The Hall–Kier alpha value is -2.99. The Morgan fingerprint density at radius 2 is 1.85 bits per heavy atom. The molecule has 0 saturated carbocycles. The highest BCUT2D eigenvalue weighted by molar-refractivity contribution is 5.95. The van der Waals surface area contributed by atoms with E-state index in [1.54, 1.807) is 6.20 Å².